The molecule has 2 aromatic heterocycles. The van der Waals surface area contributed by atoms with Crippen molar-refractivity contribution in [1.29, 1.82) is 5.26 Å². The maximum absolute atomic E-state index is 8.69. The summed E-state index contributed by atoms with van der Waals surface area (Å²) in [5.41, 5.74) is 1.13. The van der Waals surface area contributed by atoms with Crippen LogP contribution in [0, 0.1) is 11.3 Å². The fraction of sp³-hybridized carbons (Fsp3) is 0.133. The van der Waals surface area contributed by atoms with Gasteiger partial charge in [-0.1, -0.05) is 23.4 Å². The Balaban J connectivity index is 1.74. The van der Waals surface area contributed by atoms with Gasteiger partial charge in [0, 0.05) is 5.56 Å². The van der Waals surface area contributed by atoms with Crippen LogP contribution in [-0.4, -0.2) is 20.1 Å². The maximum Gasteiger partial charge on any atom is 0.257 e. The minimum atomic E-state index is -0.205. The molecule has 2 heterocycles. The zero-order valence-corrected chi connectivity index (χ0v) is 11.8. The van der Waals surface area contributed by atoms with Crippen LogP contribution in [0.25, 0.3) is 11.5 Å². The van der Waals surface area contributed by atoms with Gasteiger partial charge in [0.1, 0.15) is 11.9 Å². The highest BCUT2D eigenvalue weighted by atomic mass is 16.5. The molecule has 0 saturated heterocycles. The van der Waals surface area contributed by atoms with E-state index < -0.39 is 0 Å². The largest absolute Gasteiger partial charge is 0.359 e. The quantitative estimate of drug-likeness (QED) is 0.788. The van der Waals surface area contributed by atoms with Crippen LogP contribution in [0.5, 0.6) is 0 Å². The molecule has 0 amide bonds. The monoisotopic (exact) mass is 292 g/mol. The fourth-order valence-electron chi connectivity index (χ4n) is 1.86. The number of anilines is 1. The summed E-state index contributed by atoms with van der Waals surface area (Å²) in [5.74, 6) is 1.53. The van der Waals surface area contributed by atoms with Gasteiger partial charge in [0.25, 0.3) is 5.89 Å². The lowest BCUT2D eigenvalue weighted by atomic mass is 10.2. The van der Waals surface area contributed by atoms with Crippen molar-refractivity contribution in [3.8, 4) is 17.5 Å². The Morgan fingerprint density at radius 2 is 2.00 bits per heavy atom. The fourth-order valence-corrected chi connectivity index (χ4v) is 1.86. The van der Waals surface area contributed by atoms with Gasteiger partial charge in [-0.3, -0.25) is 0 Å². The molecule has 7 heteroatoms. The summed E-state index contributed by atoms with van der Waals surface area (Å²) >= 11 is 0. The van der Waals surface area contributed by atoms with Crippen molar-refractivity contribution in [3.05, 3.63) is 54.2 Å². The van der Waals surface area contributed by atoms with E-state index in [-0.39, 0.29) is 11.7 Å². The topological polar surface area (TPSA) is 101 Å². The van der Waals surface area contributed by atoms with E-state index in [0.717, 1.165) is 5.56 Å². The summed E-state index contributed by atoms with van der Waals surface area (Å²) < 4.78 is 5.27. The van der Waals surface area contributed by atoms with E-state index in [1.807, 2.05) is 43.3 Å². The third-order valence-electron chi connectivity index (χ3n) is 2.98. The molecule has 22 heavy (non-hydrogen) atoms. The molecule has 1 N–H and O–H groups in total. The molecule has 0 aliphatic heterocycles. The molecule has 0 aliphatic carbocycles. The molecule has 0 bridgehead atoms. The van der Waals surface area contributed by atoms with Gasteiger partial charge in [-0.05, 0) is 19.1 Å². The van der Waals surface area contributed by atoms with Crippen molar-refractivity contribution < 1.29 is 4.52 Å². The summed E-state index contributed by atoms with van der Waals surface area (Å²) in [7, 11) is 0. The highest BCUT2D eigenvalue weighted by molar-refractivity contribution is 5.52. The van der Waals surface area contributed by atoms with Crippen LogP contribution >= 0.6 is 0 Å². The predicted molar refractivity (Wildman–Crippen MR) is 78.5 cm³/mol. The molecule has 3 aromatic rings. The Kier molecular flexibility index (Phi) is 3.74. The molecule has 1 unspecified atom stereocenters. The zero-order valence-electron chi connectivity index (χ0n) is 11.8. The van der Waals surface area contributed by atoms with Gasteiger partial charge in [0.05, 0.1) is 18.4 Å². The summed E-state index contributed by atoms with van der Waals surface area (Å²) in [4.78, 5) is 12.4. The van der Waals surface area contributed by atoms with Crippen LogP contribution in [0.1, 0.15) is 24.5 Å². The Bertz CT molecular complexity index is 791. The lowest BCUT2D eigenvalue weighted by molar-refractivity contribution is 0.419. The van der Waals surface area contributed by atoms with Gasteiger partial charge in [0.2, 0.25) is 0 Å². The summed E-state index contributed by atoms with van der Waals surface area (Å²) in [5, 5.41) is 15.8. The van der Waals surface area contributed by atoms with E-state index in [1.165, 1.54) is 12.4 Å². The van der Waals surface area contributed by atoms with E-state index in [0.29, 0.717) is 17.5 Å². The molecule has 0 saturated carbocycles. The summed E-state index contributed by atoms with van der Waals surface area (Å²) in [6.07, 6.45) is 2.90. The van der Waals surface area contributed by atoms with Crippen LogP contribution in [0.3, 0.4) is 0 Å². The average molecular weight is 292 g/mol. The van der Waals surface area contributed by atoms with Crippen LogP contribution in [0.4, 0.5) is 5.82 Å². The van der Waals surface area contributed by atoms with Gasteiger partial charge in [-0.25, -0.2) is 9.97 Å². The van der Waals surface area contributed by atoms with Gasteiger partial charge in [0.15, 0.2) is 11.5 Å². The van der Waals surface area contributed by atoms with Crippen molar-refractivity contribution in [2.75, 3.05) is 5.32 Å². The van der Waals surface area contributed by atoms with Crippen LogP contribution in [-0.2, 0) is 0 Å². The molecule has 1 atom stereocenters. The first kappa shape index (κ1) is 13.7. The van der Waals surface area contributed by atoms with Crippen LogP contribution < -0.4 is 5.32 Å². The van der Waals surface area contributed by atoms with Gasteiger partial charge in [-0.2, -0.15) is 10.2 Å². The number of nitrogens with zero attached hydrogens (tertiary/aromatic N) is 5. The lowest BCUT2D eigenvalue weighted by Gasteiger charge is -2.09. The average Bonchev–Trinajstić information content (AvgIpc) is 3.06. The minimum Gasteiger partial charge on any atom is -0.359 e. The van der Waals surface area contributed by atoms with Gasteiger partial charge in [-0.15, -0.1) is 0 Å². The van der Waals surface area contributed by atoms with E-state index in [1.54, 1.807) is 0 Å². The number of nitrogens with one attached hydrogen (secondary N) is 1. The highest BCUT2D eigenvalue weighted by Crippen LogP contribution is 2.20. The van der Waals surface area contributed by atoms with Gasteiger partial charge < -0.3 is 9.84 Å². The van der Waals surface area contributed by atoms with E-state index in [2.05, 4.69) is 25.4 Å². The number of rotatable bonds is 4. The number of benzene rings is 1. The Morgan fingerprint density at radius 3 is 2.68 bits per heavy atom. The van der Waals surface area contributed by atoms with Crippen LogP contribution in [0.2, 0.25) is 0 Å². The lowest BCUT2D eigenvalue weighted by Crippen LogP contribution is -2.10. The second kappa shape index (κ2) is 6.01. The smallest absolute Gasteiger partial charge is 0.257 e. The minimum absolute atomic E-state index is 0.205. The van der Waals surface area contributed by atoms with Gasteiger partial charge >= 0.3 is 0 Å². The molecule has 0 radical (unpaired) electrons. The zero-order chi connectivity index (χ0) is 15.4. The predicted octanol–water partition coefficient (Wildman–Crippen LogP) is 2.57. The Hall–Kier alpha value is -3.27. The molecule has 7 nitrogen and oxygen atoms in total. The molecular formula is C15H12N6O. The summed E-state index contributed by atoms with van der Waals surface area (Å²) in [6.45, 7) is 1.89. The molecule has 0 aliphatic rings. The SMILES string of the molecule is CC(Nc1cnc(C#N)cn1)c1noc(-c2ccccc2)n1. The van der Waals surface area contributed by atoms with E-state index in [9.17, 15) is 0 Å². The second-order valence-corrected chi connectivity index (χ2v) is 4.59. The maximum atomic E-state index is 8.69. The second-order valence-electron chi connectivity index (χ2n) is 4.59. The van der Waals surface area contributed by atoms with E-state index >= 15 is 0 Å². The Labute approximate surface area is 126 Å². The van der Waals surface area contributed by atoms with E-state index in [4.69, 9.17) is 9.78 Å². The summed E-state index contributed by atoms with van der Waals surface area (Å²) in [6, 6.07) is 11.3. The van der Waals surface area contributed by atoms with Crippen molar-refractivity contribution in [3.63, 3.8) is 0 Å². The third kappa shape index (κ3) is 2.91. The molecule has 108 valence electrons. The van der Waals surface area contributed by atoms with Crippen LogP contribution in [0.15, 0.2) is 47.2 Å². The number of hydrogen-bond donors (Lipinski definition) is 1. The van der Waals surface area contributed by atoms with Crippen molar-refractivity contribution in [2.24, 2.45) is 0 Å². The highest BCUT2D eigenvalue weighted by Gasteiger charge is 2.15. The molecule has 0 fully saturated rings. The number of aromatic nitrogens is 4. The number of nitriles is 1. The number of hydrogen-bond acceptors (Lipinski definition) is 7. The first-order chi connectivity index (χ1) is 10.8. The normalized spacial score (nSPS) is 11.6. The first-order valence-corrected chi connectivity index (χ1v) is 6.64. The molecule has 0 spiro atoms. The molecular weight excluding hydrogens is 280 g/mol. The van der Waals surface area contributed by atoms with Crippen molar-refractivity contribution in [1.82, 2.24) is 20.1 Å². The molecule has 3 rings (SSSR count). The standard InChI is InChI=1S/C15H12N6O/c1-10(19-13-9-17-12(7-16)8-18-13)14-20-15(22-21-14)11-5-3-2-4-6-11/h2-6,8-10H,1H3,(H,18,19). The third-order valence-corrected chi connectivity index (χ3v) is 2.98. The first-order valence-electron chi connectivity index (χ1n) is 6.64. The van der Waals surface area contributed by atoms with Crippen molar-refractivity contribution in [2.45, 2.75) is 13.0 Å². The Morgan fingerprint density at radius 1 is 1.18 bits per heavy atom. The van der Waals surface area contributed by atoms with Crippen molar-refractivity contribution >= 4 is 5.82 Å². The molecule has 1 aromatic carbocycles.